The predicted octanol–water partition coefficient (Wildman–Crippen LogP) is 2.85. The summed E-state index contributed by atoms with van der Waals surface area (Å²) in [5, 5.41) is 0. The zero-order valence-corrected chi connectivity index (χ0v) is 18.0. The monoisotopic (exact) mass is 424 g/mol. The van der Waals surface area contributed by atoms with Crippen LogP contribution >= 0.6 is 0 Å². The molecule has 2 aromatic rings. The molecule has 31 heavy (non-hydrogen) atoms. The number of nitrogens with zero attached hydrogens (tertiary/aromatic N) is 2. The third-order valence-electron chi connectivity index (χ3n) is 5.35. The summed E-state index contributed by atoms with van der Waals surface area (Å²) in [6, 6.07) is 14.6. The van der Waals surface area contributed by atoms with Gasteiger partial charge in [0.1, 0.15) is 12.4 Å². The SMILES string of the molecule is CC(C)COc1ccc(C(=O)N2CCN(C(=O)C3COc4ccccc4O3)CC2)cc1. The van der Waals surface area contributed by atoms with Gasteiger partial charge in [0.2, 0.25) is 6.10 Å². The molecule has 2 aliphatic rings. The minimum absolute atomic E-state index is 0.0336. The molecule has 7 heteroatoms. The van der Waals surface area contributed by atoms with Crippen molar-refractivity contribution in [2.24, 2.45) is 5.92 Å². The van der Waals surface area contributed by atoms with Gasteiger partial charge in [-0.05, 0) is 42.3 Å². The van der Waals surface area contributed by atoms with Crippen molar-refractivity contribution in [1.29, 1.82) is 0 Å². The van der Waals surface area contributed by atoms with Crippen molar-refractivity contribution < 1.29 is 23.8 Å². The Morgan fingerprint density at radius 2 is 1.61 bits per heavy atom. The van der Waals surface area contributed by atoms with Crippen LogP contribution in [0, 0.1) is 5.92 Å². The Morgan fingerprint density at radius 1 is 0.968 bits per heavy atom. The molecule has 7 nitrogen and oxygen atoms in total. The number of hydrogen-bond acceptors (Lipinski definition) is 5. The summed E-state index contributed by atoms with van der Waals surface area (Å²) < 4.78 is 17.2. The molecule has 164 valence electrons. The van der Waals surface area contributed by atoms with Crippen molar-refractivity contribution in [3.63, 3.8) is 0 Å². The average molecular weight is 424 g/mol. The van der Waals surface area contributed by atoms with Gasteiger partial charge in [0, 0.05) is 31.7 Å². The van der Waals surface area contributed by atoms with Crippen LogP contribution in [-0.2, 0) is 4.79 Å². The lowest BCUT2D eigenvalue weighted by atomic mass is 10.1. The van der Waals surface area contributed by atoms with Crippen LogP contribution in [0.5, 0.6) is 17.2 Å². The van der Waals surface area contributed by atoms with Gasteiger partial charge in [-0.15, -0.1) is 0 Å². The van der Waals surface area contributed by atoms with E-state index in [1.54, 1.807) is 28.0 Å². The fourth-order valence-electron chi connectivity index (χ4n) is 3.61. The van der Waals surface area contributed by atoms with E-state index in [0.29, 0.717) is 55.8 Å². The lowest BCUT2D eigenvalue weighted by Crippen LogP contribution is -2.55. The number of ether oxygens (including phenoxy) is 3. The van der Waals surface area contributed by atoms with E-state index in [9.17, 15) is 9.59 Å². The number of rotatable bonds is 5. The number of hydrogen-bond donors (Lipinski definition) is 0. The first-order valence-corrected chi connectivity index (χ1v) is 10.7. The number of carbonyl (C=O) groups excluding carboxylic acids is 2. The highest BCUT2D eigenvalue weighted by atomic mass is 16.6. The highest BCUT2D eigenvalue weighted by molar-refractivity contribution is 5.94. The van der Waals surface area contributed by atoms with Crippen molar-refractivity contribution in [2.75, 3.05) is 39.4 Å². The van der Waals surface area contributed by atoms with E-state index in [-0.39, 0.29) is 18.4 Å². The average Bonchev–Trinajstić information content (AvgIpc) is 2.82. The minimum Gasteiger partial charge on any atom is -0.493 e. The molecule has 0 radical (unpaired) electrons. The van der Waals surface area contributed by atoms with Gasteiger partial charge >= 0.3 is 0 Å². The molecule has 2 aromatic carbocycles. The number of piperazine rings is 1. The van der Waals surface area contributed by atoms with Crippen LogP contribution in [0.2, 0.25) is 0 Å². The zero-order valence-electron chi connectivity index (χ0n) is 18.0. The molecular weight excluding hydrogens is 396 g/mol. The van der Waals surface area contributed by atoms with Gasteiger partial charge in [-0.25, -0.2) is 0 Å². The molecule has 1 fully saturated rings. The Kier molecular flexibility index (Phi) is 6.30. The van der Waals surface area contributed by atoms with Crippen LogP contribution in [0.15, 0.2) is 48.5 Å². The third-order valence-corrected chi connectivity index (χ3v) is 5.35. The third kappa shape index (κ3) is 4.93. The maximum Gasteiger partial charge on any atom is 0.267 e. The van der Waals surface area contributed by atoms with Gasteiger partial charge < -0.3 is 24.0 Å². The molecule has 1 saturated heterocycles. The summed E-state index contributed by atoms with van der Waals surface area (Å²) in [4.78, 5) is 29.2. The molecular formula is C24H28N2O5. The lowest BCUT2D eigenvalue weighted by molar-refractivity contribution is -0.142. The molecule has 1 unspecified atom stereocenters. The number of benzene rings is 2. The first kappa shape index (κ1) is 21.0. The van der Waals surface area contributed by atoms with Crippen LogP contribution in [0.1, 0.15) is 24.2 Å². The molecule has 0 bridgehead atoms. The van der Waals surface area contributed by atoms with Crippen molar-refractivity contribution in [3.8, 4) is 17.2 Å². The standard InChI is InChI=1S/C24H28N2O5/c1-17(2)15-29-19-9-7-18(8-10-19)23(27)25-11-13-26(14-12-25)24(28)22-16-30-20-5-3-4-6-21(20)31-22/h3-10,17,22H,11-16H2,1-2H3. The molecule has 0 aromatic heterocycles. The number of carbonyl (C=O) groups is 2. The lowest BCUT2D eigenvalue weighted by Gasteiger charge is -2.37. The van der Waals surface area contributed by atoms with E-state index in [0.717, 1.165) is 5.75 Å². The van der Waals surface area contributed by atoms with Crippen molar-refractivity contribution >= 4 is 11.8 Å². The molecule has 2 aliphatic heterocycles. The Labute approximate surface area is 182 Å². The van der Waals surface area contributed by atoms with Crippen molar-refractivity contribution in [1.82, 2.24) is 9.80 Å². The largest absolute Gasteiger partial charge is 0.493 e. The molecule has 0 N–H and O–H groups in total. The summed E-state index contributed by atoms with van der Waals surface area (Å²) in [6.07, 6.45) is -0.657. The Bertz CT molecular complexity index is 920. The van der Waals surface area contributed by atoms with E-state index in [1.807, 2.05) is 30.3 Å². The quantitative estimate of drug-likeness (QED) is 0.738. The molecule has 1 atom stereocenters. The van der Waals surface area contributed by atoms with E-state index in [2.05, 4.69) is 13.8 Å². The molecule has 2 heterocycles. The summed E-state index contributed by atoms with van der Waals surface area (Å²) in [6.45, 7) is 6.94. The van der Waals surface area contributed by atoms with Gasteiger partial charge in [-0.3, -0.25) is 9.59 Å². The van der Waals surface area contributed by atoms with Gasteiger partial charge in [0.05, 0.1) is 6.61 Å². The van der Waals surface area contributed by atoms with Crippen molar-refractivity contribution in [3.05, 3.63) is 54.1 Å². The van der Waals surface area contributed by atoms with E-state index in [4.69, 9.17) is 14.2 Å². The molecule has 4 rings (SSSR count). The fourth-order valence-corrected chi connectivity index (χ4v) is 3.61. The molecule has 2 amide bonds. The van der Waals surface area contributed by atoms with E-state index >= 15 is 0 Å². The highest BCUT2D eigenvalue weighted by Gasteiger charge is 2.33. The normalized spacial score (nSPS) is 18.1. The van der Waals surface area contributed by atoms with Crippen molar-refractivity contribution in [2.45, 2.75) is 20.0 Å². The topological polar surface area (TPSA) is 68.3 Å². The minimum atomic E-state index is -0.657. The Hall–Kier alpha value is -3.22. The predicted molar refractivity (Wildman–Crippen MR) is 116 cm³/mol. The second-order valence-corrected chi connectivity index (χ2v) is 8.21. The highest BCUT2D eigenvalue weighted by Crippen LogP contribution is 2.31. The van der Waals surface area contributed by atoms with Crippen LogP contribution < -0.4 is 14.2 Å². The van der Waals surface area contributed by atoms with Gasteiger partial charge in [-0.2, -0.15) is 0 Å². The summed E-state index contributed by atoms with van der Waals surface area (Å²) >= 11 is 0. The summed E-state index contributed by atoms with van der Waals surface area (Å²) in [7, 11) is 0. The molecule has 0 aliphatic carbocycles. The second-order valence-electron chi connectivity index (χ2n) is 8.21. The summed E-state index contributed by atoms with van der Waals surface area (Å²) in [5.41, 5.74) is 0.622. The fraction of sp³-hybridized carbons (Fsp3) is 0.417. The Balaban J connectivity index is 1.29. The van der Waals surface area contributed by atoms with Gasteiger partial charge in [-0.1, -0.05) is 26.0 Å². The van der Waals surface area contributed by atoms with Crippen LogP contribution in [0.4, 0.5) is 0 Å². The van der Waals surface area contributed by atoms with E-state index in [1.165, 1.54) is 0 Å². The molecule has 0 spiro atoms. The van der Waals surface area contributed by atoms with Gasteiger partial charge in [0.15, 0.2) is 11.5 Å². The van der Waals surface area contributed by atoms with Crippen LogP contribution in [0.25, 0.3) is 0 Å². The first-order valence-electron chi connectivity index (χ1n) is 10.7. The zero-order chi connectivity index (χ0) is 21.8. The Morgan fingerprint density at radius 3 is 2.29 bits per heavy atom. The summed E-state index contributed by atoms with van der Waals surface area (Å²) in [5.74, 6) is 2.31. The second kappa shape index (κ2) is 9.29. The maximum absolute atomic E-state index is 12.9. The molecule has 0 saturated carbocycles. The maximum atomic E-state index is 12.9. The number of para-hydroxylation sites is 2. The number of amides is 2. The number of fused-ring (bicyclic) bond motifs is 1. The smallest absolute Gasteiger partial charge is 0.267 e. The van der Waals surface area contributed by atoms with Crippen LogP contribution in [0.3, 0.4) is 0 Å². The van der Waals surface area contributed by atoms with Gasteiger partial charge in [0.25, 0.3) is 11.8 Å². The first-order chi connectivity index (χ1) is 15.0. The van der Waals surface area contributed by atoms with Crippen LogP contribution in [-0.4, -0.2) is 67.1 Å². The van der Waals surface area contributed by atoms with E-state index < -0.39 is 6.10 Å².